The van der Waals surface area contributed by atoms with E-state index in [4.69, 9.17) is 9.47 Å². The number of nitro benzene ring substituents is 1. The highest BCUT2D eigenvalue weighted by atomic mass is 19.1. The maximum Gasteiger partial charge on any atom is 0.271 e. The number of nitrogens with zero attached hydrogens (tertiary/aromatic N) is 1. The van der Waals surface area contributed by atoms with E-state index in [-0.39, 0.29) is 16.9 Å². The molecule has 0 aliphatic heterocycles. The third-order valence-corrected chi connectivity index (χ3v) is 3.13. The molecule has 0 saturated heterocycles. The van der Waals surface area contributed by atoms with Gasteiger partial charge in [-0.1, -0.05) is 0 Å². The Morgan fingerprint density at radius 2 is 2.00 bits per heavy atom. The van der Waals surface area contributed by atoms with Gasteiger partial charge in [0.1, 0.15) is 5.82 Å². The maximum absolute atomic E-state index is 13.7. The van der Waals surface area contributed by atoms with Gasteiger partial charge in [-0.15, -0.1) is 0 Å². The zero-order chi connectivity index (χ0) is 17.7. The van der Waals surface area contributed by atoms with Crippen LogP contribution in [0.5, 0.6) is 11.5 Å². The average Bonchev–Trinajstić information content (AvgIpc) is 2.57. The number of non-ortho nitro benzene ring substituents is 1. The number of rotatable bonds is 6. The van der Waals surface area contributed by atoms with Gasteiger partial charge < -0.3 is 14.8 Å². The SMILES string of the molecule is CCOc1ccc(C(=O)Nc2cc([N+](=O)[O-])ccc2F)cc1OC. The Balaban J connectivity index is 2.27. The topological polar surface area (TPSA) is 90.7 Å². The van der Waals surface area contributed by atoms with Crippen LogP contribution in [0.15, 0.2) is 36.4 Å². The van der Waals surface area contributed by atoms with E-state index in [0.29, 0.717) is 18.1 Å². The summed E-state index contributed by atoms with van der Waals surface area (Å²) >= 11 is 0. The minimum Gasteiger partial charge on any atom is -0.493 e. The average molecular weight is 334 g/mol. The molecule has 1 N–H and O–H groups in total. The predicted octanol–water partition coefficient (Wildman–Crippen LogP) is 3.39. The van der Waals surface area contributed by atoms with Gasteiger partial charge in [-0.2, -0.15) is 0 Å². The van der Waals surface area contributed by atoms with Crippen molar-refractivity contribution in [3.63, 3.8) is 0 Å². The van der Waals surface area contributed by atoms with E-state index in [1.54, 1.807) is 6.07 Å². The van der Waals surface area contributed by atoms with Crippen LogP contribution in [-0.2, 0) is 0 Å². The summed E-state index contributed by atoms with van der Waals surface area (Å²) in [5, 5.41) is 13.1. The molecule has 0 unspecified atom stereocenters. The summed E-state index contributed by atoms with van der Waals surface area (Å²) in [6.07, 6.45) is 0. The molecule has 2 rings (SSSR count). The van der Waals surface area contributed by atoms with Gasteiger partial charge in [-0.25, -0.2) is 4.39 Å². The first-order valence-corrected chi connectivity index (χ1v) is 7.02. The van der Waals surface area contributed by atoms with Gasteiger partial charge in [0.05, 0.1) is 24.3 Å². The van der Waals surface area contributed by atoms with Gasteiger partial charge >= 0.3 is 0 Å². The van der Waals surface area contributed by atoms with Gasteiger partial charge in [-0.3, -0.25) is 14.9 Å². The van der Waals surface area contributed by atoms with Crippen LogP contribution < -0.4 is 14.8 Å². The Morgan fingerprint density at radius 1 is 1.25 bits per heavy atom. The molecule has 0 aromatic heterocycles. The fourth-order valence-electron chi connectivity index (χ4n) is 2.00. The van der Waals surface area contributed by atoms with E-state index in [9.17, 15) is 19.3 Å². The molecule has 0 bridgehead atoms. The largest absolute Gasteiger partial charge is 0.493 e. The van der Waals surface area contributed by atoms with Crippen LogP contribution in [0, 0.1) is 15.9 Å². The first-order chi connectivity index (χ1) is 11.5. The first-order valence-electron chi connectivity index (χ1n) is 7.02. The van der Waals surface area contributed by atoms with Crippen molar-refractivity contribution in [1.29, 1.82) is 0 Å². The quantitative estimate of drug-likeness (QED) is 0.646. The van der Waals surface area contributed by atoms with E-state index >= 15 is 0 Å². The minimum absolute atomic E-state index is 0.196. The van der Waals surface area contributed by atoms with Gasteiger partial charge in [0.2, 0.25) is 0 Å². The Hall–Kier alpha value is -3.16. The Morgan fingerprint density at radius 3 is 2.62 bits per heavy atom. The number of halogens is 1. The summed E-state index contributed by atoms with van der Waals surface area (Å²) in [5.41, 5.74) is -0.403. The zero-order valence-electron chi connectivity index (χ0n) is 13.0. The molecular formula is C16H15FN2O5. The highest BCUT2D eigenvalue weighted by molar-refractivity contribution is 6.04. The van der Waals surface area contributed by atoms with Gasteiger partial charge in [0.25, 0.3) is 11.6 Å². The fourth-order valence-corrected chi connectivity index (χ4v) is 2.00. The molecule has 0 spiro atoms. The summed E-state index contributed by atoms with van der Waals surface area (Å²) in [6.45, 7) is 2.24. The molecule has 0 radical (unpaired) electrons. The van der Waals surface area contributed by atoms with Crippen molar-refractivity contribution in [2.24, 2.45) is 0 Å². The van der Waals surface area contributed by atoms with Crippen LogP contribution in [0.3, 0.4) is 0 Å². The number of nitrogens with one attached hydrogen (secondary N) is 1. The molecule has 0 saturated carbocycles. The van der Waals surface area contributed by atoms with E-state index in [2.05, 4.69) is 5.32 Å². The highest BCUT2D eigenvalue weighted by Gasteiger charge is 2.16. The molecule has 0 aliphatic carbocycles. The van der Waals surface area contributed by atoms with Gasteiger partial charge in [0, 0.05) is 17.7 Å². The lowest BCUT2D eigenvalue weighted by Crippen LogP contribution is -2.13. The lowest BCUT2D eigenvalue weighted by Gasteiger charge is -2.11. The second kappa shape index (κ2) is 7.40. The molecule has 1 amide bonds. The van der Waals surface area contributed by atoms with Crippen molar-refractivity contribution in [3.05, 3.63) is 57.9 Å². The van der Waals surface area contributed by atoms with Crippen molar-refractivity contribution in [2.75, 3.05) is 19.0 Å². The number of benzene rings is 2. The Labute approximate surface area is 137 Å². The van der Waals surface area contributed by atoms with Crippen LogP contribution >= 0.6 is 0 Å². The molecule has 0 atom stereocenters. The summed E-state index contributed by atoms with van der Waals surface area (Å²) < 4.78 is 24.2. The van der Waals surface area contributed by atoms with Crippen LogP contribution in [0.2, 0.25) is 0 Å². The van der Waals surface area contributed by atoms with E-state index in [1.807, 2.05) is 6.92 Å². The van der Waals surface area contributed by atoms with Crippen molar-refractivity contribution in [1.82, 2.24) is 0 Å². The van der Waals surface area contributed by atoms with E-state index in [1.165, 1.54) is 19.2 Å². The van der Waals surface area contributed by atoms with E-state index < -0.39 is 16.6 Å². The van der Waals surface area contributed by atoms with Crippen LogP contribution in [0.1, 0.15) is 17.3 Å². The minimum atomic E-state index is -0.771. The molecule has 0 aliphatic rings. The molecule has 2 aromatic carbocycles. The number of hydrogen-bond donors (Lipinski definition) is 1. The standard InChI is InChI=1S/C16H15FN2O5/c1-3-24-14-7-4-10(8-15(14)23-2)16(20)18-13-9-11(19(21)22)5-6-12(13)17/h4-9H,3H2,1-2H3,(H,18,20). The number of amides is 1. The monoisotopic (exact) mass is 334 g/mol. The van der Waals surface area contributed by atoms with Crippen LogP contribution in [-0.4, -0.2) is 24.5 Å². The Bertz CT molecular complexity index is 779. The smallest absolute Gasteiger partial charge is 0.271 e. The van der Waals surface area contributed by atoms with Crippen LogP contribution in [0.25, 0.3) is 0 Å². The normalized spacial score (nSPS) is 10.1. The first kappa shape index (κ1) is 17.2. The molecule has 126 valence electrons. The highest BCUT2D eigenvalue weighted by Crippen LogP contribution is 2.29. The number of hydrogen-bond acceptors (Lipinski definition) is 5. The Kier molecular flexibility index (Phi) is 5.31. The predicted molar refractivity (Wildman–Crippen MR) is 85.2 cm³/mol. The van der Waals surface area contributed by atoms with Crippen molar-refractivity contribution in [3.8, 4) is 11.5 Å². The van der Waals surface area contributed by atoms with E-state index in [0.717, 1.165) is 18.2 Å². The van der Waals surface area contributed by atoms with Gasteiger partial charge in [0.15, 0.2) is 11.5 Å². The molecule has 0 fully saturated rings. The summed E-state index contributed by atoms with van der Waals surface area (Å²) in [6, 6.07) is 7.38. The van der Waals surface area contributed by atoms with Crippen molar-refractivity contribution < 1.29 is 23.6 Å². The number of anilines is 1. The molecule has 24 heavy (non-hydrogen) atoms. The third kappa shape index (κ3) is 3.78. The van der Waals surface area contributed by atoms with Gasteiger partial charge in [-0.05, 0) is 31.2 Å². The number of methoxy groups -OCH3 is 1. The molecule has 2 aromatic rings. The molecule has 0 heterocycles. The summed E-state index contributed by atoms with van der Waals surface area (Å²) in [5.74, 6) is -0.579. The fraction of sp³-hybridized carbons (Fsp3) is 0.188. The molecular weight excluding hydrogens is 319 g/mol. The third-order valence-electron chi connectivity index (χ3n) is 3.13. The number of carbonyl (C=O) groups is 1. The van der Waals surface area contributed by atoms with Crippen LogP contribution in [0.4, 0.5) is 15.8 Å². The second-order valence-corrected chi connectivity index (χ2v) is 4.67. The number of carbonyl (C=O) groups excluding carboxylic acids is 1. The molecule has 8 heteroatoms. The molecule has 7 nitrogen and oxygen atoms in total. The maximum atomic E-state index is 13.7. The summed E-state index contributed by atoms with van der Waals surface area (Å²) in [7, 11) is 1.43. The lowest BCUT2D eigenvalue weighted by molar-refractivity contribution is -0.384. The number of ether oxygens (including phenoxy) is 2. The second-order valence-electron chi connectivity index (χ2n) is 4.67. The summed E-state index contributed by atoms with van der Waals surface area (Å²) in [4.78, 5) is 22.3. The number of nitro groups is 1. The zero-order valence-corrected chi connectivity index (χ0v) is 13.0. The van der Waals surface area contributed by atoms with Crippen molar-refractivity contribution in [2.45, 2.75) is 6.92 Å². The lowest BCUT2D eigenvalue weighted by atomic mass is 10.1. The van der Waals surface area contributed by atoms with Crippen molar-refractivity contribution >= 4 is 17.3 Å².